The van der Waals surface area contributed by atoms with Gasteiger partial charge < -0.3 is 10.2 Å². The molecule has 0 aliphatic carbocycles. The lowest BCUT2D eigenvalue weighted by Gasteiger charge is -2.27. The van der Waals surface area contributed by atoms with Crippen molar-refractivity contribution < 1.29 is 0 Å². The number of hydrogen-bond donors (Lipinski definition) is 1. The molecule has 1 aliphatic rings. The van der Waals surface area contributed by atoms with Gasteiger partial charge in [0.05, 0.1) is 5.69 Å². The molecule has 1 aliphatic heterocycles. The second-order valence-electron chi connectivity index (χ2n) is 4.63. The van der Waals surface area contributed by atoms with E-state index in [0.29, 0.717) is 0 Å². The number of nitrogens with zero attached hydrogens (tertiary/aromatic N) is 3. The fraction of sp³-hybridized carbons (Fsp3) is 0.667. The van der Waals surface area contributed by atoms with Gasteiger partial charge >= 0.3 is 0 Å². The Hall–Kier alpha value is -1.16. The van der Waals surface area contributed by atoms with E-state index in [1.54, 1.807) is 0 Å². The van der Waals surface area contributed by atoms with Crippen LogP contribution in [-0.2, 0) is 0 Å². The fourth-order valence-corrected chi connectivity index (χ4v) is 2.16. The summed E-state index contributed by atoms with van der Waals surface area (Å²) in [6.45, 7) is 5.32. The minimum atomic E-state index is 0.738. The van der Waals surface area contributed by atoms with Crippen LogP contribution in [0.5, 0.6) is 0 Å². The average Bonchev–Trinajstić information content (AvgIpc) is 2.31. The SMILES string of the molecule is Cc1ccc(N(C)C[C@H]2CCCNC2)nn1. The first-order valence-electron chi connectivity index (χ1n) is 5.98. The first-order chi connectivity index (χ1) is 7.75. The first kappa shape index (κ1) is 11.3. The lowest BCUT2D eigenvalue weighted by Crippen LogP contribution is -2.37. The number of hydrogen-bond acceptors (Lipinski definition) is 4. The molecule has 1 aromatic heterocycles. The van der Waals surface area contributed by atoms with Crippen LogP contribution in [0.1, 0.15) is 18.5 Å². The molecule has 0 unspecified atom stereocenters. The van der Waals surface area contributed by atoms with Gasteiger partial charge in [-0.15, -0.1) is 5.10 Å². The topological polar surface area (TPSA) is 41.0 Å². The molecular formula is C12H20N4. The number of nitrogens with one attached hydrogen (secondary N) is 1. The maximum Gasteiger partial charge on any atom is 0.150 e. The van der Waals surface area contributed by atoms with Crippen molar-refractivity contribution in [3.8, 4) is 0 Å². The Labute approximate surface area is 97.1 Å². The molecule has 4 heteroatoms. The van der Waals surface area contributed by atoms with E-state index in [-0.39, 0.29) is 0 Å². The van der Waals surface area contributed by atoms with Gasteiger partial charge in [-0.2, -0.15) is 5.10 Å². The molecule has 0 bridgehead atoms. The standard InChI is InChI=1S/C12H20N4/c1-10-5-6-12(15-14-10)16(2)9-11-4-3-7-13-8-11/h5-6,11,13H,3-4,7-9H2,1-2H3/t11-/m0/s1. The molecule has 1 saturated heterocycles. The second-order valence-corrected chi connectivity index (χ2v) is 4.63. The highest BCUT2D eigenvalue weighted by Crippen LogP contribution is 2.14. The molecule has 0 radical (unpaired) electrons. The Morgan fingerprint density at radius 3 is 2.94 bits per heavy atom. The zero-order chi connectivity index (χ0) is 11.4. The van der Waals surface area contributed by atoms with E-state index < -0.39 is 0 Å². The summed E-state index contributed by atoms with van der Waals surface area (Å²) < 4.78 is 0. The quantitative estimate of drug-likeness (QED) is 0.831. The van der Waals surface area contributed by atoms with Crippen molar-refractivity contribution in [1.29, 1.82) is 0 Å². The highest BCUT2D eigenvalue weighted by atomic mass is 15.2. The Morgan fingerprint density at radius 1 is 1.44 bits per heavy atom. The highest BCUT2D eigenvalue weighted by molar-refractivity contribution is 5.35. The van der Waals surface area contributed by atoms with Crippen LogP contribution in [0.2, 0.25) is 0 Å². The van der Waals surface area contributed by atoms with Crippen LogP contribution in [0.3, 0.4) is 0 Å². The minimum absolute atomic E-state index is 0.738. The van der Waals surface area contributed by atoms with E-state index in [2.05, 4.69) is 27.5 Å². The summed E-state index contributed by atoms with van der Waals surface area (Å²) >= 11 is 0. The maximum absolute atomic E-state index is 4.20. The zero-order valence-corrected chi connectivity index (χ0v) is 10.1. The third-order valence-corrected chi connectivity index (χ3v) is 3.11. The van der Waals surface area contributed by atoms with Gasteiger partial charge in [-0.1, -0.05) is 0 Å². The van der Waals surface area contributed by atoms with Gasteiger partial charge in [0, 0.05) is 13.6 Å². The van der Waals surface area contributed by atoms with Crippen molar-refractivity contribution in [3.63, 3.8) is 0 Å². The largest absolute Gasteiger partial charge is 0.358 e. The Bertz CT molecular complexity index is 316. The number of aryl methyl sites for hydroxylation is 1. The predicted octanol–water partition coefficient (Wildman–Crippen LogP) is 1.22. The number of rotatable bonds is 3. The molecule has 4 nitrogen and oxygen atoms in total. The molecule has 2 rings (SSSR count). The normalized spacial score (nSPS) is 20.8. The third-order valence-electron chi connectivity index (χ3n) is 3.11. The molecule has 1 fully saturated rings. The minimum Gasteiger partial charge on any atom is -0.358 e. The Balaban J connectivity index is 1.91. The van der Waals surface area contributed by atoms with Crippen LogP contribution in [-0.4, -0.2) is 36.9 Å². The third kappa shape index (κ3) is 2.92. The van der Waals surface area contributed by atoms with Gasteiger partial charge in [0.25, 0.3) is 0 Å². The second kappa shape index (κ2) is 5.25. The van der Waals surface area contributed by atoms with E-state index in [1.165, 1.54) is 19.4 Å². The van der Waals surface area contributed by atoms with Crippen molar-refractivity contribution in [2.24, 2.45) is 5.92 Å². The summed E-state index contributed by atoms with van der Waals surface area (Å²) in [4.78, 5) is 2.20. The number of anilines is 1. The summed E-state index contributed by atoms with van der Waals surface area (Å²) in [6.07, 6.45) is 2.61. The smallest absolute Gasteiger partial charge is 0.150 e. The maximum atomic E-state index is 4.20. The molecule has 1 N–H and O–H groups in total. The lowest BCUT2D eigenvalue weighted by molar-refractivity contribution is 0.380. The molecule has 0 saturated carbocycles. The van der Waals surface area contributed by atoms with Crippen LogP contribution in [0.4, 0.5) is 5.82 Å². The van der Waals surface area contributed by atoms with E-state index in [9.17, 15) is 0 Å². The Kier molecular flexibility index (Phi) is 3.72. The summed E-state index contributed by atoms with van der Waals surface area (Å²) in [5.74, 6) is 1.71. The van der Waals surface area contributed by atoms with Gasteiger partial charge in [-0.25, -0.2) is 0 Å². The van der Waals surface area contributed by atoms with E-state index in [0.717, 1.165) is 30.5 Å². The average molecular weight is 220 g/mol. The predicted molar refractivity (Wildman–Crippen MR) is 65.6 cm³/mol. The molecule has 2 heterocycles. The zero-order valence-electron chi connectivity index (χ0n) is 10.1. The lowest BCUT2D eigenvalue weighted by atomic mass is 9.99. The molecule has 0 amide bonds. The van der Waals surface area contributed by atoms with Crippen molar-refractivity contribution >= 4 is 5.82 Å². The van der Waals surface area contributed by atoms with Crippen LogP contribution < -0.4 is 10.2 Å². The van der Waals surface area contributed by atoms with Gasteiger partial charge in [0.15, 0.2) is 5.82 Å². The van der Waals surface area contributed by atoms with Crippen LogP contribution >= 0.6 is 0 Å². The van der Waals surface area contributed by atoms with Gasteiger partial charge in [-0.3, -0.25) is 0 Å². The van der Waals surface area contributed by atoms with Crippen molar-refractivity contribution in [2.45, 2.75) is 19.8 Å². The van der Waals surface area contributed by atoms with Gasteiger partial charge in [-0.05, 0) is 50.9 Å². The van der Waals surface area contributed by atoms with Gasteiger partial charge in [0.2, 0.25) is 0 Å². The van der Waals surface area contributed by atoms with Crippen LogP contribution in [0, 0.1) is 12.8 Å². The molecule has 0 aromatic carbocycles. The summed E-state index contributed by atoms with van der Waals surface area (Å²) in [7, 11) is 2.09. The van der Waals surface area contributed by atoms with Crippen LogP contribution in [0.15, 0.2) is 12.1 Å². The summed E-state index contributed by atoms with van der Waals surface area (Å²) in [6, 6.07) is 4.05. The summed E-state index contributed by atoms with van der Waals surface area (Å²) in [5.41, 5.74) is 0.969. The molecule has 16 heavy (non-hydrogen) atoms. The van der Waals surface area contributed by atoms with Crippen molar-refractivity contribution in [2.75, 3.05) is 31.6 Å². The van der Waals surface area contributed by atoms with Gasteiger partial charge in [0.1, 0.15) is 0 Å². The highest BCUT2D eigenvalue weighted by Gasteiger charge is 2.15. The molecule has 88 valence electrons. The summed E-state index contributed by atoms with van der Waals surface area (Å²) in [5, 5.41) is 11.7. The van der Waals surface area contributed by atoms with Crippen molar-refractivity contribution in [1.82, 2.24) is 15.5 Å². The van der Waals surface area contributed by atoms with E-state index >= 15 is 0 Å². The molecule has 0 spiro atoms. The monoisotopic (exact) mass is 220 g/mol. The molecular weight excluding hydrogens is 200 g/mol. The van der Waals surface area contributed by atoms with E-state index in [4.69, 9.17) is 0 Å². The molecule has 1 atom stereocenters. The van der Waals surface area contributed by atoms with Crippen LogP contribution in [0.25, 0.3) is 0 Å². The molecule has 1 aromatic rings. The van der Waals surface area contributed by atoms with E-state index in [1.807, 2.05) is 19.1 Å². The fourth-order valence-electron chi connectivity index (χ4n) is 2.16. The number of aromatic nitrogens is 2. The number of piperidine rings is 1. The Morgan fingerprint density at radius 2 is 2.31 bits per heavy atom. The first-order valence-corrected chi connectivity index (χ1v) is 5.98. The van der Waals surface area contributed by atoms with Crippen molar-refractivity contribution in [3.05, 3.63) is 17.8 Å².